The molecular weight excluding hydrogens is 196 g/mol. The van der Waals surface area contributed by atoms with Gasteiger partial charge in [0.15, 0.2) is 0 Å². The Morgan fingerprint density at radius 2 is 2.08 bits per heavy atom. The van der Waals surface area contributed by atoms with E-state index in [0.29, 0.717) is 0 Å². The van der Waals surface area contributed by atoms with E-state index >= 15 is 0 Å². The molecule has 0 nitrogen and oxygen atoms in total. The monoisotopic (exact) mass is 204 g/mol. The molecule has 0 N–H and O–H groups in total. The van der Waals surface area contributed by atoms with Crippen molar-refractivity contribution in [3.8, 4) is 11.1 Å². The second-order valence-electron chi connectivity index (χ2n) is 3.24. The van der Waals surface area contributed by atoms with Crippen LogP contribution in [-0.2, 0) is 0 Å². The lowest BCUT2D eigenvalue weighted by atomic mass is 10.2. The Hall–Kier alpha value is -0.860. The van der Waals surface area contributed by atoms with Gasteiger partial charge in [-0.25, -0.2) is 0 Å². The first-order valence-corrected chi connectivity index (χ1v) is 5.85. The van der Waals surface area contributed by atoms with Crippen LogP contribution in [0.4, 0.5) is 0 Å². The molecular formula is C11H8S2. The number of thiophene rings is 2. The van der Waals surface area contributed by atoms with Gasteiger partial charge in [0.1, 0.15) is 0 Å². The van der Waals surface area contributed by atoms with Crippen molar-refractivity contribution in [2.45, 2.75) is 6.92 Å². The first-order chi connectivity index (χ1) is 6.27. The molecule has 13 heavy (non-hydrogen) atoms. The minimum Gasteiger partial charge on any atom is -0.143 e. The van der Waals surface area contributed by atoms with E-state index < -0.39 is 0 Å². The molecule has 0 atom stereocenters. The van der Waals surface area contributed by atoms with Gasteiger partial charge in [0, 0.05) is 31.3 Å². The number of aryl methyl sites for hydroxylation is 1. The molecule has 2 aromatic rings. The zero-order valence-electron chi connectivity index (χ0n) is 7.26. The van der Waals surface area contributed by atoms with Gasteiger partial charge >= 0.3 is 0 Å². The van der Waals surface area contributed by atoms with Gasteiger partial charge in [0.05, 0.1) is 0 Å². The molecule has 0 saturated heterocycles. The molecule has 2 heterocycles. The first-order valence-electron chi connectivity index (χ1n) is 4.15. The Morgan fingerprint density at radius 3 is 2.92 bits per heavy atom. The second kappa shape index (κ2) is 2.34. The minimum absolute atomic E-state index is 1.22. The van der Waals surface area contributed by atoms with E-state index in [9.17, 15) is 0 Å². The summed E-state index contributed by atoms with van der Waals surface area (Å²) < 4.78 is 0. The van der Waals surface area contributed by atoms with Gasteiger partial charge in [-0.1, -0.05) is 6.58 Å². The molecule has 0 unspecified atom stereocenters. The van der Waals surface area contributed by atoms with Crippen LogP contribution in [0, 0.1) is 6.92 Å². The summed E-state index contributed by atoms with van der Waals surface area (Å²) in [6.45, 7) is 6.30. The molecule has 1 aliphatic rings. The molecule has 0 fully saturated rings. The van der Waals surface area contributed by atoms with Gasteiger partial charge in [-0.3, -0.25) is 0 Å². The van der Waals surface area contributed by atoms with Crippen LogP contribution in [0.3, 0.4) is 0 Å². The van der Waals surface area contributed by atoms with Crippen molar-refractivity contribution >= 4 is 28.2 Å². The highest BCUT2D eigenvalue weighted by Gasteiger charge is 2.24. The lowest BCUT2D eigenvalue weighted by Gasteiger charge is -1.91. The lowest BCUT2D eigenvalue weighted by molar-refractivity contribution is 1.64. The molecule has 0 radical (unpaired) electrons. The largest absolute Gasteiger partial charge is 0.143 e. The van der Waals surface area contributed by atoms with E-state index in [-0.39, 0.29) is 0 Å². The zero-order chi connectivity index (χ0) is 9.00. The van der Waals surface area contributed by atoms with Crippen molar-refractivity contribution in [3.63, 3.8) is 0 Å². The third-order valence-corrected chi connectivity index (χ3v) is 4.44. The fraction of sp³-hybridized carbons (Fsp3) is 0.0909. The molecule has 3 rings (SSSR count). The predicted octanol–water partition coefficient (Wildman–Crippen LogP) is 4.16. The Balaban J connectivity index is 2.41. The molecule has 1 aliphatic carbocycles. The summed E-state index contributed by atoms with van der Waals surface area (Å²) in [4.78, 5) is 4.11. The molecule has 2 aromatic heterocycles. The summed E-state index contributed by atoms with van der Waals surface area (Å²) in [7, 11) is 0. The van der Waals surface area contributed by atoms with Crippen LogP contribution >= 0.6 is 22.7 Å². The highest BCUT2D eigenvalue weighted by molar-refractivity contribution is 7.16. The van der Waals surface area contributed by atoms with Crippen molar-refractivity contribution in [1.82, 2.24) is 0 Å². The van der Waals surface area contributed by atoms with Gasteiger partial charge in [-0.05, 0) is 24.4 Å². The quantitative estimate of drug-likeness (QED) is 0.516. The second-order valence-corrected chi connectivity index (χ2v) is 5.41. The van der Waals surface area contributed by atoms with Crippen LogP contribution in [-0.4, -0.2) is 0 Å². The Kier molecular flexibility index (Phi) is 1.35. The van der Waals surface area contributed by atoms with E-state index in [4.69, 9.17) is 0 Å². The Morgan fingerprint density at radius 1 is 1.23 bits per heavy atom. The number of hydrogen-bond acceptors (Lipinski definition) is 2. The number of hydrogen-bond donors (Lipinski definition) is 0. The van der Waals surface area contributed by atoms with Crippen molar-refractivity contribution < 1.29 is 0 Å². The van der Waals surface area contributed by atoms with E-state index in [1.165, 1.54) is 31.3 Å². The molecule has 64 valence electrons. The molecule has 2 heteroatoms. The standard InChI is InChI=1S/C11H8S2/c1-6-5-9-8-3-4-12-10(8)7(2)11(9)13-6/h3-5H,2H2,1H3. The highest BCUT2D eigenvalue weighted by Crippen LogP contribution is 2.49. The fourth-order valence-electron chi connectivity index (χ4n) is 1.80. The van der Waals surface area contributed by atoms with Crippen LogP contribution in [0.25, 0.3) is 16.7 Å². The van der Waals surface area contributed by atoms with Crippen molar-refractivity contribution in [2.75, 3.05) is 0 Å². The summed E-state index contributed by atoms with van der Waals surface area (Å²) in [5, 5.41) is 2.14. The maximum atomic E-state index is 4.14. The summed E-state index contributed by atoms with van der Waals surface area (Å²) in [6, 6.07) is 4.47. The SMILES string of the molecule is C=C1c2sccc2-c2cc(C)sc21. The van der Waals surface area contributed by atoms with Gasteiger partial charge in [0.25, 0.3) is 0 Å². The van der Waals surface area contributed by atoms with Crippen LogP contribution in [0.5, 0.6) is 0 Å². The Bertz CT molecular complexity index is 500. The highest BCUT2D eigenvalue weighted by atomic mass is 32.1. The molecule has 0 aliphatic heterocycles. The van der Waals surface area contributed by atoms with Crippen molar-refractivity contribution in [2.24, 2.45) is 0 Å². The van der Waals surface area contributed by atoms with Crippen LogP contribution < -0.4 is 0 Å². The van der Waals surface area contributed by atoms with Crippen molar-refractivity contribution in [1.29, 1.82) is 0 Å². The molecule has 0 saturated carbocycles. The van der Waals surface area contributed by atoms with Crippen LogP contribution in [0.1, 0.15) is 14.6 Å². The van der Waals surface area contributed by atoms with Gasteiger partial charge in [-0.15, -0.1) is 22.7 Å². The lowest BCUT2D eigenvalue weighted by Crippen LogP contribution is -1.67. The van der Waals surface area contributed by atoms with Crippen LogP contribution in [0.2, 0.25) is 0 Å². The normalized spacial score (nSPS) is 13.2. The number of rotatable bonds is 0. The zero-order valence-corrected chi connectivity index (χ0v) is 8.89. The minimum atomic E-state index is 1.22. The van der Waals surface area contributed by atoms with Gasteiger partial charge < -0.3 is 0 Å². The average molecular weight is 204 g/mol. The molecule has 0 aromatic carbocycles. The summed E-state index contributed by atoms with van der Waals surface area (Å²) >= 11 is 3.65. The summed E-state index contributed by atoms with van der Waals surface area (Å²) in [6.07, 6.45) is 0. The Labute approximate surface area is 85.2 Å². The first kappa shape index (κ1) is 7.54. The van der Waals surface area contributed by atoms with Gasteiger partial charge in [0.2, 0.25) is 0 Å². The van der Waals surface area contributed by atoms with E-state index in [0.717, 1.165) is 0 Å². The van der Waals surface area contributed by atoms with Crippen molar-refractivity contribution in [3.05, 3.63) is 38.7 Å². The van der Waals surface area contributed by atoms with Gasteiger partial charge in [-0.2, -0.15) is 0 Å². The smallest absolute Gasteiger partial charge is 0.0432 e. The summed E-state index contributed by atoms with van der Waals surface area (Å²) in [5.74, 6) is 0. The summed E-state index contributed by atoms with van der Waals surface area (Å²) in [5.41, 5.74) is 4.00. The third-order valence-electron chi connectivity index (χ3n) is 2.36. The molecule has 0 bridgehead atoms. The average Bonchev–Trinajstić information content (AvgIpc) is 2.70. The fourth-order valence-corrected chi connectivity index (χ4v) is 3.75. The maximum absolute atomic E-state index is 4.14. The third kappa shape index (κ3) is 0.847. The number of fused-ring (bicyclic) bond motifs is 3. The topological polar surface area (TPSA) is 0 Å². The maximum Gasteiger partial charge on any atom is 0.0432 e. The molecule has 0 spiro atoms. The van der Waals surface area contributed by atoms with E-state index in [2.05, 4.69) is 31.0 Å². The van der Waals surface area contributed by atoms with Crippen LogP contribution in [0.15, 0.2) is 24.1 Å². The molecule has 0 amide bonds. The van der Waals surface area contributed by atoms with E-state index in [1.54, 1.807) is 11.3 Å². The predicted molar refractivity (Wildman–Crippen MR) is 60.5 cm³/mol. The van der Waals surface area contributed by atoms with E-state index in [1.807, 2.05) is 11.3 Å².